The SMILES string of the molecule is COc1nccc(CN2CCCC2Cn2nc3c(cc2=O)CSCC3)n1. The third-order valence-electron chi connectivity index (χ3n) is 5.03. The molecular formula is C18H23N5O2S. The molecule has 0 saturated carbocycles. The van der Waals surface area contributed by atoms with Crippen molar-refractivity contribution in [1.82, 2.24) is 24.6 Å². The molecule has 8 heteroatoms. The molecule has 4 rings (SSSR count). The lowest BCUT2D eigenvalue weighted by molar-refractivity contribution is 0.213. The Labute approximate surface area is 156 Å². The highest BCUT2D eigenvalue weighted by atomic mass is 32.2. The summed E-state index contributed by atoms with van der Waals surface area (Å²) in [6, 6.07) is 4.39. The number of thioether (sulfide) groups is 1. The number of rotatable bonds is 5. The van der Waals surface area contributed by atoms with Crippen LogP contribution in [0.2, 0.25) is 0 Å². The van der Waals surface area contributed by atoms with E-state index in [1.54, 1.807) is 24.1 Å². The summed E-state index contributed by atoms with van der Waals surface area (Å²) in [5.74, 6) is 1.99. The van der Waals surface area contributed by atoms with Crippen molar-refractivity contribution in [3.8, 4) is 6.01 Å². The maximum Gasteiger partial charge on any atom is 0.316 e. The lowest BCUT2D eigenvalue weighted by Gasteiger charge is -2.25. The first-order valence-electron chi connectivity index (χ1n) is 9.00. The summed E-state index contributed by atoms with van der Waals surface area (Å²) < 4.78 is 6.78. The van der Waals surface area contributed by atoms with Gasteiger partial charge in [-0.2, -0.15) is 21.8 Å². The van der Waals surface area contributed by atoms with Crippen LogP contribution in [0, 0.1) is 0 Å². The summed E-state index contributed by atoms with van der Waals surface area (Å²) >= 11 is 1.87. The van der Waals surface area contributed by atoms with Crippen LogP contribution in [-0.2, 0) is 25.3 Å². The van der Waals surface area contributed by atoms with E-state index in [2.05, 4.69) is 20.0 Å². The van der Waals surface area contributed by atoms with Gasteiger partial charge in [0.2, 0.25) is 0 Å². The van der Waals surface area contributed by atoms with Crippen LogP contribution < -0.4 is 10.3 Å². The Morgan fingerprint density at radius 2 is 2.35 bits per heavy atom. The Balaban J connectivity index is 1.49. The van der Waals surface area contributed by atoms with E-state index in [1.165, 1.54) is 0 Å². The van der Waals surface area contributed by atoms with Crippen molar-refractivity contribution >= 4 is 11.8 Å². The van der Waals surface area contributed by atoms with Gasteiger partial charge in [-0.05, 0) is 36.8 Å². The zero-order valence-electron chi connectivity index (χ0n) is 14.9. The monoisotopic (exact) mass is 373 g/mol. The Morgan fingerprint density at radius 3 is 3.23 bits per heavy atom. The van der Waals surface area contributed by atoms with Gasteiger partial charge in [0.1, 0.15) is 0 Å². The normalized spacial score (nSPS) is 20.1. The fourth-order valence-electron chi connectivity index (χ4n) is 3.66. The summed E-state index contributed by atoms with van der Waals surface area (Å²) in [6.07, 6.45) is 4.88. The Morgan fingerprint density at radius 1 is 1.42 bits per heavy atom. The quantitative estimate of drug-likeness (QED) is 0.786. The summed E-state index contributed by atoms with van der Waals surface area (Å²) in [4.78, 5) is 23.3. The molecule has 0 spiro atoms. The predicted octanol–water partition coefficient (Wildman–Crippen LogP) is 1.50. The van der Waals surface area contributed by atoms with Crippen LogP contribution in [-0.4, -0.2) is 50.1 Å². The molecule has 0 radical (unpaired) electrons. The van der Waals surface area contributed by atoms with Gasteiger partial charge in [0.05, 0.1) is 25.0 Å². The van der Waals surface area contributed by atoms with Crippen LogP contribution in [0.1, 0.15) is 29.8 Å². The highest BCUT2D eigenvalue weighted by Crippen LogP contribution is 2.23. The van der Waals surface area contributed by atoms with E-state index in [9.17, 15) is 4.79 Å². The van der Waals surface area contributed by atoms with E-state index < -0.39 is 0 Å². The number of likely N-dealkylation sites (tertiary alicyclic amines) is 1. The summed E-state index contributed by atoms with van der Waals surface area (Å²) in [5.41, 5.74) is 3.15. The van der Waals surface area contributed by atoms with E-state index in [4.69, 9.17) is 4.74 Å². The van der Waals surface area contributed by atoms with Gasteiger partial charge in [0, 0.05) is 37.0 Å². The molecule has 0 N–H and O–H groups in total. The molecule has 2 aliphatic heterocycles. The Hall–Kier alpha value is -1.93. The molecule has 4 heterocycles. The number of ether oxygens (including phenoxy) is 1. The fourth-order valence-corrected chi connectivity index (χ4v) is 4.62. The van der Waals surface area contributed by atoms with E-state index in [-0.39, 0.29) is 5.56 Å². The summed E-state index contributed by atoms with van der Waals surface area (Å²) in [7, 11) is 1.57. The molecule has 26 heavy (non-hydrogen) atoms. The molecule has 7 nitrogen and oxygen atoms in total. The maximum absolute atomic E-state index is 12.5. The van der Waals surface area contributed by atoms with E-state index in [1.807, 2.05) is 17.8 Å². The van der Waals surface area contributed by atoms with E-state index >= 15 is 0 Å². The Kier molecular flexibility index (Phi) is 5.21. The van der Waals surface area contributed by atoms with Crippen molar-refractivity contribution in [3.63, 3.8) is 0 Å². The van der Waals surface area contributed by atoms with Gasteiger partial charge < -0.3 is 4.74 Å². The second-order valence-corrected chi connectivity index (χ2v) is 7.85. The average Bonchev–Trinajstić information content (AvgIpc) is 3.09. The maximum atomic E-state index is 12.5. The largest absolute Gasteiger partial charge is 0.467 e. The van der Waals surface area contributed by atoms with Crippen LogP contribution in [0.15, 0.2) is 23.1 Å². The molecular weight excluding hydrogens is 350 g/mol. The number of nitrogens with zero attached hydrogens (tertiary/aromatic N) is 5. The first-order valence-corrected chi connectivity index (χ1v) is 10.2. The molecule has 0 aromatic carbocycles. The number of methoxy groups -OCH3 is 1. The molecule has 0 bridgehead atoms. The molecule has 2 aromatic heterocycles. The highest BCUT2D eigenvalue weighted by Gasteiger charge is 2.26. The van der Waals surface area contributed by atoms with Crippen molar-refractivity contribution in [2.24, 2.45) is 0 Å². The Bertz CT molecular complexity index is 841. The number of hydrogen-bond acceptors (Lipinski definition) is 7. The first kappa shape index (κ1) is 17.5. The van der Waals surface area contributed by atoms with Gasteiger partial charge in [-0.1, -0.05) is 0 Å². The molecule has 1 atom stereocenters. The van der Waals surface area contributed by atoms with Gasteiger partial charge in [-0.15, -0.1) is 0 Å². The van der Waals surface area contributed by atoms with Crippen molar-refractivity contribution in [1.29, 1.82) is 0 Å². The first-order chi connectivity index (χ1) is 12.7. The van der Waals surface area contributed by atoms with Gasteiger partial charge >= 0.3 is 6.01 Å². The summed E-state index contributed by atoms with van der Waals surface area (Å²) in [6.45, 7) is 2.38. The number of hydrogen-bond donors (Lipinski definition) is 0. The average molecular weight is 373 g/mol. The molecule has 2 aliphatic rings. The third kappa shape index (κ3) is 3.76. The minimum atomic E-state index is 0.0156. The second kappa shape index (κ2) is 7.75. The standard InChI is InChI=1S/C18H23N5O2S/c1-25-18-19-6-4-14(20-18)10-22-7-2-3-15(22)11-23-17(24)9-13-12-26-8-5-16(13)21-23/h4,6,9,15H,2-3,5,7-8,10-12H2,1H3. The molecule has 0 amide bonds. The van der Waals surface area contributed by atoms with Crippen molar-refractivity contribution in [3.05, 3.63) is 45.6 Å². The minimum absolute atomic E-state index is 0.0156. The fraction of sp³-hybridized carbons (Fsp3) is 0.556. The molecule has 1 saturated heterocycles. The summed E-state index contributed by atoms with van der Waals surface area (Å²) in [5, 5.41) is 4.66. The van der Waals surface area contributed by atoms with Crippen LogP contribution in [0.5, 0.6) is 6.01 Å². The van der Waals surface area contributed by atoms with Crippen molar-refractivity contribution in [2.75, 3.05) is 19.4 Å². The van der Waals surface area contributed by atoms with Gasteiger partial charge in [-0.3, -0.25) is 9.69 Å². The van der Waals surface area contributed by atoms with Crippen LogP contribution >= 0.6 is 11.8 Å². The third-order valence-corrected chi connectivity index (χ3v) is 6.03. The van der Waals surface area contributed by atoms with Crippen LogP contribution in [0.25, 0.3) is 0 Å². The zero-order chi connectivity index (χ0) is 17.9. The zero-order valence-corrected chi connectivity index (χ0v) is 15.7. The van der Waals surface area contributed by atoms with Crippen LogP contribution in [0.3, 0.4) is 0 Å². The minimum Gasteiger partial charge on any atom is -0.467 e. The highest BCUT2D eigenvalue weighted by molar-refractivity contribution is 7.98. The molecule has 2 aromatic rings. The van der Waals surface area contributed by atoms with Gasteiger partial charge in [0.25, 0.3) is 5.56 Å². The lowest BCUT2D eigenvalue weighted by atomic mass is 10.2. The van der Waals surface area contributed by atoms with Gasteiger partial charge in [-0.25, -0.2) is 9.67 Å². The number of aryl methyl sites for hydroxylation is 1. The van der Waals surface area contributed by atoms with E-state index in [0.29, 0.717) is 18.6 Å². The van der Waals surface area contributed by atoms with Crippen molar-refractivity contribution < 1.29 is 4.74 Å². The topological polar surface area (TPSA) is 73.1 Å². The number of aromatic nitrogens is 4. The predicted molar refractivity (Wildman–Crippen MR) is 100 cm³/mol. The number of fused-ring (bicyclic) bond motifs is 1. The molecule has 1 fully saturated rings. The lowest BCUT2D eigenvalue weighted by Crippen LogP contribution is -2.37. The van der Waals surface area contributed by atoms with Crippen LogP contribution in [0.4, 0.5) is 0 Å². The van der Waals surface area contributed by atoms with Gasteiger partial charge in [0.15, 0.2) is 0 Å². The molecule has 0 aliphatic carbocycles. The second-order valence-electron chi connectivity index (χ2n) is 6.74. The molecule has 1 unspecified atom stereocenters. The smallest absolute Gasteiger partial charge is 0.316 e. The molecule has 138 valence electrons. The van der Waals surface area contributed by atoms with Crippen molar-refractivity contribution in [2.45, 2.75) is 44.1 Å². The van der Waals surface area contributed by atoms with E-state index in [0.717, 1.165) is 60.8 Å².